The molecule has 1 aliphatic heterocycles. The molecule has 0 bridgehead atoms. The minimum absolute atomic E-state index is 0.185. The maximum Gasteiger partial charge on any atom is 0.274 e. The Morgan fingerprint density at radius 1 is 1.14 bits per heavy atom. The zero-order valence-electron chi connectivity index (χ0n) is 19.6. The first-order valence-corrected chi connectivity index (χ1v) is 11.7. The van der Waals surface area contributed by atoms with Gasteiger partial charge in [0.1, 0.15) is 23.8 Å². The van der Waals surface area contributed by atoms with E-state index in [0.29, 0.717) is 71.9 Å². The van der Waals surface area contributed by atoms with E-state index in [1.807, 2.05) is 6.92 Å². The van der Waals surface area contributed by atoms with E-state index in [2.05, 4.69) is 10.4 Å². The highest BCUT2D eigenvalue weighted by molar-refractivity contribution is 6.30. The SMILES string of the molecule is CCn1ncc(NC(=O)c2ccc(OC)c(COc3ccc(Cl)cc3)c2)c1C(=O)N1CCOCC1. The molecule has 9 nitrogen and oxygen atoms in total. The van der Waals surface area contributed by atoms with Crippen LogP contribution in [0.4, 0.5) is 5.69 Å². The molecule has 1 saturated heterocycles. The smallest absolute Gasteiger partial charge is 0.274 e. The van der Waals surface area contributed by atoms with Crippen LogP contribution in [0.5, 0.6) is 11.5 Å². The second-order valence-corrected chi connectivity index (χ2v) is 8.29. The third-order valence-corrected chi connectivity index (χ3v) is 5.89. The van der Waals surface area contributed by atoms with Crippen LogP contribution in [0.2, 0.25) is 5.02 Å². The maximum atomic E-state index is 13.2. The van der Waals surface area contributed by atoms with Crippen LogP contribution in [0.15, 0.2) is 48.7 Å². The zero-order valence-corrected chi connectivity index (χ0v) is 20.4. The average molecular weight is 499 g/mol. The van der Waals surface area contributed by atoms with Crippen LogP contribution in [0, 0.1) is 0 Å². The average Bonchev–Trinajstić information content (AvgIpc) is 3.30. The van der Waals surface area contributed by atoms with Crippen LogP contribution >= 0.6 is 11.6 Å². The van der Waals surface area contributed by atoms with Gasteiger partial charge in [0, 0.05) is 35.8 Å². The van der Waals surface area contributed by atoms with E-state index in [0.717, 1.165) is 0 Å². The fraction of sp³-hybridized carbons (Fsp3) is 0.320. The number of nitrogens with one attached hydrogen (secondary N) is 1. The van der Waals surface area contributed by atoms with E-state index in [-0.39, 0.29) is 18.4 Å². The van der Waals surface area contributed by atoms with Gasteiger partial charge in [-0.15, -0.1) is 0 Å². The van der Waals surface area contributed by atoms with Crippen molar-refractivity contribution in [1.82, 2.24) is 14.7 Å². The summed E-state index contributed by atoms with van der Waals surface area (Å²) < 4.78 is 18.2. The summed E-state index contributed by atoms with van der Waals surface area (Å²) >= 11 is 5.93. The largest absolute Gasteiger partial charge is 0.496 e. The summed E-state index contributed by atoms with van der Waals surface area (Å²) in [7, 11) is 1.56. The predicted molar refractivity (Wildman–Crippen MR) is 131 cm³/mol. The van der Waals surface area contributed by atoms with Gasteiger partial charge in [-0.2, -0.15) is 5.10 Å². The Morgan fingerprint density at radius 2 is 1.89 bits per heavy atom. The number of ether oxygens (including phenoxy) is 3. The highest BCUT2D eigenvalue weighted by atomic mass is 35.5. The molecule has 0 atom stereocenters. The number of halogens is 1. The molecule has 0 aliphatic carbocycles. The number of rotatable bonds is 8. The second-order valence-electron chi connectivity index (χ2n) is 7.85. The molecular formula is C25H27ClN4O5. The Kier molecular flexibility index (Phi) is 7.89. The van der Waals surface area contributed by atoms with E-state index in [4.69, 9.17) is 25.8 Å². The van der Waals surface area contributed by atoms with Gasteiger partial charge in [-0.05, 0) is 49.4 Å². The topological polar surface area (TPSA) is 94.9 Å². The Hall–Kier alpha value is -3.56. The Morgan fingerprint density at radius 3 is 2.57 bits per heavy atom. The molecule has 0 spiro atoms. The summed E-state index contributed by atoms with van der Waals surface area (Å²) in [6, 6.07) is 12.1. The number of carbonyl (C=O) groups excluding carboxylic acids is 2. The molecule has 35 heavy (non-hydrogen) atoms. The van der Waals surface area contributed by atoms with E-state index in [1.54, 1.807) is 59.2 Å². The third kappa shape index (κ3) is 5.75. The van der Waals surface area contributed by atoms with Gasteiger partial charge in [0.15, 0.2) is 0 Å². The van der Waals surface area contributed by atoms with Crippen molar-refractivity contribution >= 4 is 29.1 Å². The minimum atomic E-state index is -0.368. The fourth-order valence-electron chi connectivity index (χ4n) is 3.78. The second kappa shape index (κ2) is 11.2. The van der Waals surface area contributed by atoms with Crippen LogP contribution in [-0.2, 0) is 17.9 Å². The number of nitrogens with zero attached hydrogens (tertiary/aromatic N) is 3. The predicted octanol–water partition coefficient (Wildman–Crippen LogP) is 3.87. The van der Waals surface area contributed by atoms with E-state index in [1.165, 1.54) is 6.20 Å². The van der Waals surface area contributed by atoms with Gasteiger partial charge in [-0.3, -0.25) is 14.3 Å². The molecule has 0 radical (unpaired) electrons. The molecule has 0 unspecified atom stereocenters. The number of methoxy groups -OCH3 is 1. The number of anilines is 1. The summed E-state index contributed by atoms with van der Waals surface area (Å²) in [4.78, 5) is 28.0. The van der Waals surface area contributed by atoms with Gasteiger partial charge >= 0.3 is 0 Å². The molecule has 184 valence electrons. The van der Waals surface area contributed by atoms with Crippen LogP contribution < -0.4 is 14.8 Å². The fourth-order valence-corrected chi connectivity index (χ4v) is 3.90. The maximum absolute atomic E-state index is 13.2. The minimum Gasteiger partial charge on any atom is -0.496 e. The summed E-state index contributed by atoms with van der Waals surface area (Å²) in [6.07, 6.45) is 1.50. The lowest BCUT2D eigenvalue weighted by Gasteiger charge is -2.27. The Labute approximate surface area is 208 Å². The first-order valence-electron chi connectivity index (χ1n) is 11.3. The number of morpholine rings is 1. The number of amides is 2. The monoisotopic (exact) mass is 498 g/mol. The summed E-state index contributed by atoms with van der Waals surface area (Å²) in [5, 5.41) is 7.75. The first-order chi connectivity index (χ1) is 17.0. The standard InChI is InChI=1S/C25H27ClN4O5/c1-3-30-23(25(32)29-10-12-34-13-11-29)21(15-27-30)28-24(31)17-4-9-22(33-2)18(14-17)16-35-20-7-5-19(26)6-8-20/h4-9,14-15H,3,10-13,16H2,1-2H3,(H,28,31). The number of aryl methyl sites for hydroxylation is 1. The number of hydrogen-bond acceptors (Lipinski definition) is 6. The lowest BCUT2D eigenvalue weighted by Crippen LogP contribution is -2.41. The quantitative estimate of drug-likeness (QED) is 0.506. The molecule has 1 N–H and O–H groups in total. The normalized spacial score (nSPS) is 13.4. The van der Waals surface area contributed by atoms with E-state index >= 15 is 0 Å². The molecular weight excluding hydrogens is 472 g/mol. The lowest BCUT2D eigenvalue weighted by atomic mass is 10.1. The molecule has 10 heteroatoms. The number of hydrogen-bond donors (Lipinski definition) is 1. The van der Waals surface area contributed by atoms with Gasteiger partial charge in [0.05, 0.1) is 32.2 Å². The number of benzene rings is 2. The highest BCUT2D eigenvalue weighted by Gasteiger charge is 2.26. The summed E-state index contributed by atoms with van der Waals surface area (Å²) in [5.41, 5.74) is 1.81. The zero-order chi connectivity index (χ0) is 24.8. The van der Waals surface area contributed by atoms with Gasteiger partial charge in [-0.25, -0.2) is 0 Å². The molecule has 2 heterocycles. The van der Waals surface area contributed by atoms with Crippen LogP contribution in [-0.4, -0.2) is 59.9 Å². The Balaban J connectivity index is 1.52. The van der Waals surface area contributed by atoms with Crippen molar-refractivity contribution in [2.45, 2.75) is 20.1 Å². The molecule has 4 rings (SSSR count). The van der Waals surface area contributed by atoms with Gasteiger partial charge in [0.2, 0.25) is 0 Å². The molecule has 1 aromatic heterocycles. The molecule has 1 aliphatic rings. The third-order valence-electron chi connectivity index (χ3n) is 5.64. The van der Waals surface area contributed by atoms with Gasteiger partial charge in [0.25, 0.3) is 11.8 Å². The molecule has 2 aromatic carbocycles. The molecule has 1 fully saturated rings. The van der Waals surface area contributed by atoms with Crippen molar-refractivity contribution < 1.29 is 23.8 Å². The summed E-state index contributed by atoms with van der Waals surface area (Å²) in [6.45, 7) is 4.55. The van der Waals surface area contributed by atoms with Crippen molar-refractivity contribution in [3.8, 4) is 11.5 Å². The first kappa shape index (κ1) is 24.6. The van der Waals surface area contributed by atoms with E-state index in [9.17, 15) is 9.59 Å². The van der Waals surface area contributed by atoms with E-state index < -0.39 is 0 Å². The number of carbonyl (C=O) groups is 2. The molecule has 2 amide bonds. The molecule has 3 aromatic rings. The summed E-state index contributed by atoms with van der Waals surface area (Å²) in [5.74, 6) is 0.684. The van der Waals surface area contributed by atoms with Crippen LogP contribution in [0.3, 0.4) is 0 Å². The Bertz CT molecular complexity index is 1190. The highest BCUT2D eigenvalue weighted by Crippen LogP contribution is 2.25. The van der Waals surface area contributed by atoms with Crippen molar-refractivity contribution in [1.29, 1.82) is 0 Å². The van der Waals surface area contributed by atoms with Crippen molar-refractivity contribution in [3.63, 3.8) is 0 Å². The van der Waals surface area contributed by atoms with Crippen LogP contribution in [0.1, 0.15) is 33.3 Å². The van der Waals surface area contributed by atoms with Gasteiger partial charge in [-0.1, -0.05) is 11.6 Å². The van der Waals surface area contributed by atoms with Crippen molar-refractivity contribution in [2.75, 3.05) is 38.7 Å². The van der Waals surface area contributed by atoms with Crippen molar-refractivity contribution in [3.05, 3.63) is 70.5 Å². The van der Waals surface area contributed by atoms with Crippen LogP contribution in [0.25, 0.3) is 0 Å². The molecule has 0 saturated carbocycles. The van der Waals surface area contributed by atoms with Crippen molar-refractivity contribution in [2.24, 2.45) is 0 Å². The lowest BCUT2D eigenvalue weighted by molar-refractivity contribution is 0.0295. The number of aromatic nitrogens is 2. The van der Waals surface area contributed by atoms with Gasteiger partial charge < -0.3 is 24.4 Å².